The Balaban J connectivity index is 2.58. The Kier molecular flexibility index (Phi) is 4.25. The Labute approximate surface area is 107 Å². The second-order valence-corrected chi connectivity index (χ2v) is 7.61. The number of nitrogens with zero attached hydrogens (tertiary/aromatic N) is 1. The van der Waals surface area contributed by atoms with Crippen molar-refractivity contribution in [3.63, 3.8) is 0 Å². The lowest BCUT2D eigenvalue weighted by molar-refractivity contribution is 0.0378. The van der Waals surface area contributed by atoms with Gasteiger partial charge >= 0.3 is 0 Å². The van der Waals surface area contributed by atoms with E-state index in [1.165, 1.54) is 19.3 Å². The SMILES string of the molecule is CC1(C)CC(C)(C)CC(C)(NCCCC#N)C1. The van der Waals surface area contributed by atoms with Gasteiger partial charge in [-0.05, 0) is 50.0 Å². The molecule has 17 heavy (non-hydrogen) atoms. The molecule has 1 saturated carbocycles. The molecule has 1 fully saturated rings. The maximum absolute atomic E-state index is 8.56. The Morgan fingerprint density at radius 1 is 1.00 bits per heavy atom. The largest absolute Gasteiger partial charge is 0.311 e. The molecule has 2 nitrogen and oxygen atoms in total. The molecule has 0 spiro atoms. The van der Waals surface area contributed by atoms with Gasteiger partial charge in [-0.25, -0.2) is 0 Å². The molecule has 0 amide bonds. The van der Waals surface area contributed by atoms with E-state index in [4.69, 9.17) is 5.26 Å². The van der Waals surface area contributed by atoms with Crippen molar-refractivity contribution in [1.82, 2.24) is 5.32 Å². The average molecular weight is 236 g/mol. The van der Waals surface area contributed by atoms with Crippen LogP contribution >= 0.6 is 0 Å². The zero-order valence-corrected chi connectivity index (χ0v) is 12.2. The predicted molar refractivity (Wildman–Crippen MR) is 72.7 cm³/mol. The number of hydrogen-bond donors (Lipinski definition) is 1. The molecule has 1 rings (SSSR count). The van der Waals surface area contributed by atoms with E-state index in [9.17, 15) is 0 Å². The fourth-order valence-corrected chi connectivity index (χ4v) is 4.28. The standard InChI is InChI=1S/C15H28N2/c1-13(2)10-14(3,4)12-15(5,11-13)17-9-7-6-8-16/h17H,6-7,9-12H2,1-5H3. The molecule has 0 aromatic heterocycles. The molecule has 0 unspecified atom stereocenters. The van der Waals surface area contributed by atoms with Crippen LogP contribution in [0.25, 0.3) is 0 Å². The molecule has 1 N–H and O–H groups in total. The second-order valence-electron chi connectivity index (χ2n) is 7.61. The predicted octanol–water partition coefficient (Wildman–Crippen LogP) is 3.87. The van der Waals surface area contributed by atoms with Crippen LogP contribution in [0.5, 0.6) is 0 Å². The monoisotopic (exact) mass is 236 g/mol. The molecule has 0 aromatic rings. The van der Waals surface area contributed by atoms with Crippen molar-refractivity contribution in [2.45, 2.75) is 72.3 Å². The zero-order chi connectivity index (χ0) is 13.2. The lowest BCUT2D eigenvalue weighted by Gasteiger charge is -2.51. The van der Waals surface area contributed by atoms with E-state index in [-0.39, 0.29) is 5.54 Å². The van der Waals surface area contributed by atoms with Crippen molar-refractivity contribution in [2.24, 2.45) is 10.8 Å². The minimum atomic E-state index is 0.237. The van der Waals surface area contributed by atoms with E-state index in [0.717, 1.165) is 13.0 Å². The number of hydrogen-bond acceptors (Lipinski definition) is 2. The van der Waals surface area contributed by atoms with Crippen LogP contribution in [0.3, 0.4) is 0 Å². The minimum absolute atomic E-state index is 0.237. The smallest absolute Gasteiger partial charge is 0.0622 e. The summed E-state index contributed by atoms with van der Waals surface area (Å²) in [6.45, 7) is 12.8. The van der Waals surface area contributed by atoms with Gasteiger partial charge < -0.3 is 5.32 Å². The number of rotatable bonds is 4. The van der Waals surface area contributed by atoms with Crippen LogP contribution in [0.15, 0.2) is 0 Å². The van der Waals surface area contributed by atoms with Gasteiger partial charge in [0.25, 0.3) is 0 Å². The third-order valence-corrected chi connectivity index (χ3v) is 3.71. The molecule has 0 aliphatic heterocycles. The summed E-state index contributed by atoms with van der Waals surface area (Å²) in [5.41, 5.74) is 1.07. The third-order valence-electron chi connectivity index (χ3n) is 3.71. The number of nitrogens with one attached hydrogen (secondary N) is 1. The summed E-state index contributed by atoms with van der Waals surface area (Å²) < 4.78 is 0. The molecule has 0 bridgehead atoms. The summed E-state index contributed by atoms with van der Waals surface area (Å²) in [5.74, 6) is 0. The summed E-state index contributed by atoms with van der Waals surface area (Å²) in [7, 11) is 0. The normalized spacial score (nSPS) is 25.2. The highest BCUT2D eigenvalue weighted by Crippen LogP contribution is 2.49. The molecule has 1 aliphatic carbocycles. The fraction of sp³-hybridized carbons (Fsp3) is 0.933. The summed E-state index contributed by atoms with van der Waals surface area (Å²) in [6.07, 6.45) is 5.39. The van der Waals surface area contributed by atoms with E-state index in [0.29, 0.717) is 17.3 Å². The number of unbranched alkanes of at least 4 members (excludes halogenated alkanes) is 1. The van der Waals surface area contributed by atoms with Crippen LogP contribution in [0.4, 0.5) is 0 Å². The van der Waals surface area contributed by atoms with E-state index in [1.54, 1.807) is 0 Å². The van der Waals surface area contributed by atoms with Crippen molar-refractivity contribution in [3.05, 3.63) is 0 Å². The van der Waals surface area contributed by atoms with Gasteiger partial charge in [0.15, 0.2) is 0 Å². The molecule has 0 radical (unpaired) electrons. The topological polar surface area (TPSA) is 35.8 Å². The summed E-state index contributed by atoms with van der Waals surface area (Å²) in [4.78, 5) is 0. The maximum atomic E-state index is 8.56. The highest BCUT2D eigenvalue weighted by atomic mass is 15.0. The molecule has 0 heterocycles. The van der Waals surface area contributed by atoms with Crippen molar-refractivity contribution in [3.8, 4) is 6.07 Å². The van der Waals surface area contributed by atoms with Gasteiger partial charge in [-0.15, -0.1) is 0 Å². The molecular weight excluding hydrogens is 208 g/mol. The van der Waals surface area contributed by atoms with E-state index < -0.39 is 0 Å². The van der Waals surface area contributed by atoms with Gasteiger partial charge in [0.2, 0.25) is 0 Å². The van der Waals surface area contributed by atoms with Gasteiger partial charge in [0, 0.05) is 12.0 Å². The Bertz CT molecular complexity index is 281. The molecule has 2 heteroatoms. The van der Waals surface area contributed by atoms with Crippen LogP contribution in [0.2, 0.25) is 0 Å². The van der Waals surface area contributed by atoms with Crippen LogP contribution in [-0.4, -0.2) is 12.1 Å². The summed E-state index contributed by atoms with van der Waals surface area (Å²) in [5, 5.41) is 12.2. The summed E-state index contributed by atoms with van der Waals surface area (Å²) >= 11 is 0. The second kappa shape index (κ2) is 4.98. The molecule has 0 aromatic carbocycles. The van der Waals surface area contributed by atoms with E-state index >= 15 is 0 Å². The lowest BCUT2D eigenvalue weighted by Crippen LogP contribution is -2.53. The maximum Gasteiger partial charge on any atom is 0.0622 e. The first kappa shape index (κ1) is 14.5. The van der Waals surface area contributed by atoms with E-state index in [2.05, 4.69) is 46.0 Å². The quantitative estimate of drug-likeness (QED) is 0.752. The molecule has 0 atom stereocenters. The van der Waals surface area contributed by atoms with Gasteiger partial charge in [-0.2, -0.15) is 5.26 Å². The van der Waals surface area contributed by atoms with Crippen LogP contribution < -0.4 is 5.32 Å². The van der Waals surface area contributed by atoms with Crippen molar-refractivity contribution < 1.29 is 0 Å². The van der Waals surface area contributed by atoms with Crippen LogP contribution in [0, 0.1) is 22.2 Å². The molecule has 1 aliphatic rings. The van der Waals surface area contributed by atoms with E-state index in [1.807, 2.05) is 0 Å². The minimum Gasteiger partial charge on any atom is -0.311 e. The fourth-order valence-electron chi connectivity index (χ4n) is 4.28. The lowest BCUT2D eigenvalue weighted by atomic mass is 9.59. The Morgan fingerprint density at radius 2 is 1.53 bits per heavy atom. The summed E-state index contributed by atoms with van der Waals surface area (Å²) in [6, 6.07) is 2.21. The van der Waals surface area contributed by atoms with Crippen molar-refractivity contribution >= 4 is 0 Å². The van der Waals surface area contributed by atoms with Gasteiger partial charge in [-0.3, -0.25) is 0 Å². The first-order valence-corrected chi connectivity index (χ1v) is 6.80. The van der Waals surface area contributed by atoms with Gasteiger partial charge in [0.1, 0.15) is 0 Å². The zero-order valence-electron chi connectivity index (χ0n) is 12.2. The third kappa shape index (κ3) is 4.68. The molecule has 0 saturated heterocycles. The average Bonchev–Trinajstić information content (AvgIpc) is 2.06. The Morgan fingerprint density at radius 3 is 2.00 bits per heavy atom. The van der Waals surface area contributed by atoms with Crippen molar-refractivity contribution in [2.75, 3.05) is 6.54 Å². The van der Waals surface area contributed by atoms with Gasteiger partial charge in [0.05, 0.1) is 6.07 Å². The first-order valence-electron chi connectivity index (χ1n) is 6.80. The van der Waals surface area contributed by atoms with Crippen LogP contribution in [0.1, 0.15) is 66.7 Å². The van der Waals surface area contributed by atoms with Crippen LogP contribution in [-0.2, 0) is 0 Å². The first-order chi connectivity index (χ1) is 7.68. The Hall–Kier alpha value is -0.550. The van der Waals surface area contributed by atoms with Gasteiger partial charge in [-0.1, -0.05) is 27.7 Å². The molecular formula is C15H28N2. The molecule has 98 valence electrons. The number of nitriles is 1. The highest BCUT2D eigenvalue weighted by Gasteiger charge is 2.44. The van der Waals surface area contributed by atoms with Crippen molar-refractivity contribution in [1.29, 1.82) is 5.26 Å². The highest BCUT2D eigenvalue weighted by molar-refractivity contribution is 5.00.